The molecule has 0 radical (unpaired) electrons. The highest BCUT2D eigenvalue weighted by Gasteiger charge is 2.25. The lowest BCUT2D eigenvalue weighted by atomic mass is 10.1. The summed E-state index contributed by atoms with van der Waals surface area (Å²) < 4.78 is 5.56. The van der Waals surface area contributed by atoms with Crippen molar-refractivity contribution in [2.75, 3.05) is 32.8 Å². The minimum atomic E-state index is -1.03. The van der Waals surface area contributed by atoms with Gasteiger partial charge >= 0.3 is 5.97 Å². The Hall–Kier alpha value is -3.35. The fourth-order valence-corrected chi connectivity index (χ4v) is 3.04. The first-order chi connectivity index (χ1) is 13.4. The second-order valence-electron chi connectivity index (χ2n) is 6.66. The smallest absolute Gasteiger partial charge is 0.335 e. The van der Waals surface area contributed by atoms with Crippen molar-refractivity contribution >= 4 is 17.8 Å². The van der Waals surface area contributed by atoms with Crippen molar-refractivity contribution in [1.29, 1.82) is 0 Å². The molecule has 1 aliphatic heterocycles. The van der Waals surface area contributed by atoms with Gasteiger partial charge in [0.1, 0.15) is 5.75 Å². The van der Waals surface area contributed by atoms with Crippen LogP contribution in [0.25, 0.3) is 0 Å². The molecule has 0 aromatic heterocycles. The highest BCUT2D eigenvalue weighted by Crippen LogP contribution is 2.14. The quantitative estimate of drug-likeness (QED) is 0.855. The maximum absolute atomic E-state index is 12.6. The maximum Gasteiger partial charge on any atom is 0.335 e. The molecule has 0 spiro atoms. The number of carbonyl (C=O) groups is 3. The Kier molecular flexibility index (Phi) is 5.93. The number of rotatable bonds is 5. The van der Waals surface area contributed by atoms with E-state index in [0.717, 1.165) is 5.56 Å². The second-order valence-corrected chi connectivity index (χ2v) is 6.66. The molecule has 2 amide bonds. The molecular formula is C21H22N2O5. The molecular weight excluding hydrogens is 360 g/mol. The predicted octanol–water partition coefficient (Wildman–Crippen LogP) is 2.06. The monoisotopic (exact) mass is 382 g/mol. The van der Waals surface area contributed by atoms with Crippen LogP contribution >= 0.6 is 0 Å². The first-order valence-electron chi connectivity index (χ1n) is 9.04. The molecule has 28 heavy (non-hydrogen) atoms. The van der Waals surface area contributed by atoms with Gasteiger partial charge in [-0.3, -0.25) is 9.59 Å². The Morgan fingerprint density at radius 1 is 0.929 bits per heavy atom. The van der Waals surface area contributed by atoms with Crippen molar-refractivity contribution in [1.82, 2.24) is 9.80 Å². The number of carboxylic acids is 1. The number of carbonyl (C=O) groups excluding carboxylic acids is 2. The van der Waals surface area contributed by atoms with Crippen LogP contribution in [0.3, 0.4) is 0 Å². The molecule has 0 saturated carbocycles. The van der Waals surface area contributed by atoms with Crippen LogP contribution in [0, 0.1) is 6.92 Å². The van der Waals surface area contributed by atoms with Crippen LogP contribution in [0.1, 0.15) is 26.3 Å². The third-order valence-corrected chi connectivity index (χ3v) is 4.65. The average molecular weight is 382 g/mol. The van der Waals surface area contributed by atoms with E-state index >= 15 is 0 Å². The summed E-state index contributed by atoms with van der Waals surface area (Å²) in [7, 11) is 0. The topological polar surface area (TPSA) is 87.2 Å². The minimum absolute atomic E-state index is 0.0337. The average Bonchev–Trinajstić information content (AvgIpc) is 2.71. The normalized spacial score (nSPS) is 13.9. The fraction of sp³-hybridized carbons (Fsp3) is 0.286. The molecule has 0 aliphatic carbocycles. The fourth-order valence-electron chi connectivity index (χ4n) is 3.04. The predicted molar refractivity (Wildman–Crippen MR) is 103 cm³/mol. The molecule has 2 aromatic carbocycles. The maximum atomic E-state index is 12.6. The number of amides is 2. The Balaban J connectivity index is 1.50. The number of ether oxygens (including phenoxy) is 1. The molecule has 1 saturated heterocycles. The summed E-state index contributed by atoms with van der Waals surface area (Å²) in [6.07, 6.45) is 0. The van der Waals surface area contributed by atoms with Crippen LogP contribution in [-0.2, 0) is 4.79 Å². The van der Waals surface area contributed by atoms with E-state index in [1.54, 1.807) is 9.80 Å². The summed E-state index contributed by atoms with van der Waals surface area (Å²) in [5.41, 5.74) is 1.64. The lowest BCUT2D eigenvalue weighted by Gasteiger charge is -2.34. The lowest BCUT2D eigenvalue weighted by molar-refractivity contribution is -0.134. The van der Waals surface area contributed by atoms with Gasteiger partial charge in [0, 0.05) is 31.7 Å². The molecule has 1 aliphatic rings. The SMILES string of the molecule is Cc1cccc(OCC(=O)N2CCN(C(=O)c3ccc(C(=O)O)cc3)CC2)c1. The van der Waals surface area contributed by atoms with Gasteiger partial charge in [-0.2, -0.15) is 0 Å². The molecule has 7 nitrogen and oxygen atoms in total. The van der Waals surface area contributed by atoms with Crippen LogP contribution in [0.5, 0.6) is 5.75 Å². The molecule has 1 N–H and O–H groups in total. The number of aryl methyl sites for hydroxylation is 1. The van der Waals surface area contributed by atoms with Crippen molar-refractivity contribution < 1.29 is 24.2 Å². The lowest BCUT2D eigenvalue weighted by Crippen LogP contribution is -2.51. The zero-order valence-electron chi connectivity index (χ0n) is 15.6. The number of benzene rings is 2. The zero-order chi connectivity index (χ0) is 20.1. The zero-order valence-corrected chi connectivity index (χ0v) is 15.6. The van der Waals surface area contributed by atoms with Crippen molar-refractivity contribution in [2.24, 2.45) is 0 Å². The molecule has 0 unspecified atom stereocenters. The van der Waals surface area contributed by atoms with Crippen LogP contribution in [0.15, 0.2) is 48.5 Å². The molecule has 1 heterocycles. The molecule has 146 valence electrons. The number of carboxylic acid groups (broad SMARTS) is 1. The van der Waals surface area contributed by atoms with Gasteiger partial charge in [-0.15, -0.1) is 0 Å². The molecule has 7 heteroatoms. The van der Waals surface area contributed by atoms with Crippen LogP contribution in [-0.4, -0.2) is 65.5 Å². The molecule has 0 bridgehead atoms. The van der Waals surface area contributed by atoms with Crippen molar-refractivity contribution in [3.8, 4) is 5.75 Å². The molecule has 3 rings (SSSR count). The first-order valence-corrected chi connectivity index (χ1v) is 9.04. The van der Waals surface area contributed by atoms with Gasteiger partial charge in [-0.1, -0.05) is 12.1 Å². The van der Waals surface area contributed by atoms with E-state index in [2.05, 4.69) is 0 Å². The van der Waals surface area contributed by atoms with Gasteiger partial charge < -0.3 is 19.6 Å². The van der Waals surface area contributed by atoms with E-state index in [9.17, 15) is 14.4 Å². The van der Waals surface area contributed by atoms with Crippen molar-refractivity contribution in [3.63, 3.8) is 0 Å². The van der Waals surface area contributed by atoms with Crippen molar-refractivity contribution in [3.05, 3.63) is 65.2 Å². The first kappa shape index (κ1) is 19.4. The van der Waals surface area contributed by atoms with Gasteiger partial charge in [0.25, 0.3) is 11.8 Å². The highest BCUT2D eigenvalue weighted by molar-refractivity contribution is 5.96. The summed E-state index contributed by atoms with van der Waals surface area (Å²) in [4.78, 5) is 39.2. The van der Waals surface area contributed by atoms with E-state index < -0.39 is 5.97 Å². The summed E-state index contributed by atoms with van der Waals surface area (Å²) in [6.45, 7) is 3.66. The Labute approximate surface area is 163 Å². The largest absolute Gasteiger partial charge is 0.484 e. The van der Waals surface area contributed by atoms with Gasteiger partial charge in [0.2, 0.25) is 0 Å². The Morgan fingerprint density at radius 3 is 2.14 bits per heavy atom. The van der Waals surface area contributed by atoms with Gasteiger partial charge in [0.15, 0.2) is 6.61 Å². The number of piperazine rings is 1. The summed E-state index contributed by atoms with van der Waals surface area (Å²) in [5.74, 6) is -0.648. The van der Waals surface area contributed by atoms with E-state index in [-0.39, 0.29) is 24.0 Å². The third-order valence-electron chi connectivity index (χ3n) is 4.65. The summed E-state index contributed by atoms with van der Waals surface area (Å²) in [5, 5.41) is 8.93. The minimum Gasteiger partial charge on any atom is -0.484 e. The summed E-state index contributed by atoms with van der Waals surface area (Å²) >= 11 is 0. The highest BCUT2D eigenvalue weighted by atomic mass is 16.5. The van der Waals surface area contributed by atoms with E-state index in [1.807, 2.05) is 31.2 Å². The molecule has 0 atom stereocenters. The van der Waals surface area contributed by atoms with Gasteiger partial charge in [-0.25, -0.2) is 4.79 Å². The van der Waals surface area contributed by atoms with Crippen LogP contribution in [0.2, 0.25) is 0 Å². The van der Waals surface area contributed by atoms with Crippen molar-refractivity contribution in [2.45, 2.75) is 6.92 Å². The molecule has 1 fully saturated rings. The van der Waals surface area contributed by atoms with Crippen LogP contribution < -0.4 is 4.74 Å². The Bertz CT molecular complexity index is 871. The third kappa shape index (κ3) is 4.68. The number of aromatic carboxylic acids is 1. The number of hydrogen-bond acceptors (Lipinski definition) is 4. The number of nitrogens with zero attached hydrogens (tertiary/aromatic N) is 2. The van der Waals surface area contributed by atoms with Gasteiger partial charge in [0.05, 0.1) is 5.56 Å². The van der Waals surface area contributed by atoms with E-state index in [0.29, 0.717) is 37.5 Å². The Morgan fingerprint density at radius 2 is 1.54 bits per heavy atom. The van der Waals surface area contributed by atoms with E-state index in [4.69, 9.17) is 9.84 Å². The standard InChI is InChI=1S/C21H22N2O5/c1-15-3-2-4-18(13-15)28-14-19(24)22-9-11-23(12-10-22)20(25)16-5-7-17(8-6-16)21(26)27/h2-8,13H,9-12,14H2,1H3,(H,26,27). The summed E-state index contributed by atoms with van der Waals surface area (Å²) in [6, 6.07) is 13.4. The van der Waals surface area contributed by atoms with Gasteiger partial charge in [-0.05, 0) is 48.9 Å². The number of hydrogen-bond donors (Lipinski definition) is 1. The van der Waals surface area contributed by atoms with E-state index in [1.165, 1.54) is 24.3 Å². The second kappa shape index (κ2) is 8.56. The molecule has 2 aromatic rings. The van der Waals surface area contributed by atoms with Crippen LogP contribution in [0.4, 0.5) is 0 Å².